The molecule has 0 aromatic heterocycles. The molecule has 116 valence electrons. The molecule has 0 N–H and O–H groups in total. The summed E-state index contributed by atoms with van der Waals surface area (Å²) in [6.45, 7) is 0.876. The first-order valence-corrected chi connectivity index (χ1v) is 9.41. The second kappa shape index (κ2) is 6.43. The highest BCUT2D eigenvalue weighted by molar-refractivity contribution is 7.91. The van der Waals surface area contributed by atoms with Gasteiger partial charge < -0.3 is 4.74 Å². The van der Waals surface area contributed by atoms with E-state index in [2.05, 4.69) is 4.90 Å². The van der Waals surface area contributed by atoms with Gasteiger partial charge in [-0.05, 0) is 38.6 Å². The molecule has 20 heavy (non-hydrogen) atoms. The molecule has 3 atom stereocenters. The molecule has 0 radical (unpaired) electrons. The predicted molar refractivity (Wildman–Crippen MR) is 77.2 cm³/mol. The van der Waals surface area contributed by atoms with E-state index in [0.717, 1.165) is 45.1 Å². The van der Waals surface area contributed by atoms with Crippen molar-refractivity contribution in [1.29, 1.82) is 0 Å². The zero-order valence-electron chi connectivity index (χ0n) is 12.4. The standard InChI is InChI=1S/C14H25NO4S/c1-19-14(16)13-8-3-4-9-15(13)11-6-5-7-12(10-11)20(2,17)18/h11-13H,3-10H2,1-2H3. The number of sulfone groups is 1. The molecular formula is C14H25NO4S. The number of esters is 1. The molecule has 0 spiro atoms. The third-order valence-corrected chi connectivity index (χ3v) is 6.33. The number of methoxy groups -OCH3 is 1. The summed E-state index contributed by atoms with van der Waals surface area (Å²) in [4.78, 5) is 14.1. The monoisotopic (exact) mass is 303 g/mol. The summed E-state index contributed by atoms with van der Waals surface area (Å²) in [7, 11) is -1.56. The van der Waals surface area contributed by atoms with Crippen LogP contribution in [-0.2, 0) is 19.4 Å². The third-order valence-electron chi connectivity index (χ3n) is 4.69. The van der Waals surface area contributed by atoms with Crippen LogP contribution in [0, 0.1) is 0 Å². The normalized spacial score (nSPS) is 32.8. The van der Waals surface area contributed by atoms with E-state index >= 15 is 0 Å². The molecule has 1 saturated heterocycles. The molecule has 0 aromatic rings. The van der Waals surface area contributed by atoms with Gasteiger partial charge in [0.1, 0.15) is 15.9 Å². The van der Waals surface area contributed by atoms with Crippen LogP contribution < -0.4 is 0 Å². The first-order valence-electron chi connectivity index (χ1n) is 7.46. The van der Waals surface area contributed by atoms with E-state index in [1.54, 1.807) is 0 Å². The minimum atomic E-state index is -2.98. The molecule has 1 aliphatic heterocycles. The van der Waals surface area contributed by atoms with Gasteiger partial charge in [-0.1, -0.05) is 12.8 Å². The van der Waals surface area contributed by atoms with E-state index in [1.807, 2.05) is 0 Å². The maximum atomic E-state index is 11.9. The lowest BCUT2D eigenvalue weighted by Gasteiger charge is -2.42. The van der Waals surface area contributed by atoms with Gasteiger partial charge >= 0.3 is 5.97 Å². The van der Waals surface area contributed by atoms with E-state index in [9.17, 15) is 13.2 Å². The molecule has 2 aliphatic rings. The quantitative estimate of drug-likeness (QED) is 0.737. The van der Waals surface area contributed by atoms with Gasteiger partial charge in [0.25, 0.3) is 0 Å². The third kappa shape index (κ3) is 3.52. The molecule has 1 saturated carbocycles. The van der Waals surface area contributed by atoms with Crippen LogP contribution >= 0.6 is 0 Å². The van der Waals surface area contributed by atoms with Crippen molar-refractivity contribution in [3.63, 3.8) is 0 Å². The number of hydrogen-bond donors (Lipinski definition) is 0. The Kier molecular flexibility index (Phi) is 5.07. The van der Waals surface area contributed by atoms with E-state index < -0.39 is 9.84 Å². The molecular weight excluding hydrogens is 278 g/mol. The van der Waals surface area contributed by atoms with Crippen molar-refractivity contribution in [2.45, 2.75) is 62.3 Å². The van der Waals surface area contributed by atoms with Crippen molar-refractivity contribution >= 4 is 15.8 Å². The van der Waals surface area contributed by atoms with Crippen LogP contribution in [0.3, 0.4) is 0 Å². The molecule has 1 aliphatic carbocycles. The Morgan fingerprint density at radius 2 is 1.90 bits per heavy atom. The number of ether oxygens (including phenoxy) is 1. The van der Waals surface area contributed by atoms with E-state index in [0.29, 0.717) is 6.42 Å². The number of piperidine rings is 1. The Hall–Kier alpha value is -0.620. The highest BCUT2D eigenvalue weighted by Gasteiger charge is 2.38. The lowest BCUT2D eigenvalue weighted by Crippen LogP contribution is -2.52. The largest absolute Gasteiger partial charge is 0.468 e. The molecule has 2 rings (SSSR count). The molecule has 3 unspecified atom stereocenters. The van der Waals surface area contributed by atoms with Gasteiger partial charge in [0.15, 0.2) is 0 Å². The number of hydrogen-bond acceptors (Lipinski definition) is 5. The summed E-state index contributed by atoms with van der Waals surface area (Å²) >= 11 is 0. The van der Waals surface area contributed by atoms with Crippen LogP contribution in [0.1, 0.15) is 44.9 Å². The lowest BCUT2D eigenvalue weighted by atomic mass is 9.90. The first-order chi connectivity index (χ1) is 9.43. The Bertz CT molecular complexity index is 448. The molecule has 5 nitrogen and oxygen atoms in total. The van der Waals surface area contributed by atoms with Crippen LogP contribution in [0.2, 0.25) is 0 Å². The van der Waals surface area contributed by atoms with Crippen LogP contribution in [0.5, 0.6) is 0 Å². The van der Waals surface area contributed by atoms with E-state index in [4.69, 9.17) is 4.74 Å². The summed E-state index contributed by atoms with van der Waals surface area (Å²) in [5.41, 5.74) is 0. The van der Waals surface area contributed by atoms with Crippen LogP contribution in [0.25, 0.3) is 0 Å². The number of rotatable bonds is 3. The van der Waals surface area contributed by atoms with Crippen molar-refractivity contribution in [2.75, 3.05) is 19.9 Å². The Labute approximate surface area is 121 Å². The van der Waals surface area contributed by atoms with Crippen LogP contribution in [0.4, 0.5) is 0 Å². The fourth-order valence-electron chi connectivity index (χ4n) is 3.59. The number of carbonyl (C=O) groups is 1. The summed E-state index contributed by atoms with van der Waals surface area (Å²) in [6, 6.07) is 0.0185. The van der Waals surface area contributed by atoms with Gasteiger partial charge in [0.05, 0.1) is 12.4 Å². The van der Waals surface area contributed by atoms with Crippen molar-refractivity contribution in [3.05, 3.63) is 0 Å². The number of nitrogens with zero attached hydrogens (tertiary/aromatic N) is 1. The minimum absolute atomic E-state index is 0.175. The van der Waals surface area contributed by atoms with Gasteiger partial charge in [0.2, 0.25) is 0 Å². The van der Waals surface area contributed by atoms with Crippen molar-refractivity contribution < 1.29 is 17.9 Å². The first kappa shape index (κ1) is 15.8. The second-order valence-corrected chi connectivity index (χ2v) is 8.37. The van der Waals surface area contributed by atoms with Crippen LogP contribution in [-0.4, -0.2) is 56.5 Å². The highest BCUT2D eigenvalue weighted by Crippen LogP contribution is 2.31. The van der Waals surface area contributed by atoms with E-state index in [1.165, 1.54) is 13.4 Å². The molecule has 1 heterocycles. The highest BCUT2D eigenvalue weighted by atomic mass is 32.2. The fraction of sp³-hybridized carbons (Fsp3) is 0.929. The zero-order valence-corrected chi connectivity index (χ0v) is 13.2. The predicted octanol–water partition coefficient (Wildman–Crippen LogP) is 1.37. The molecule has 2 fully saturated rings. The summed E-state index contributed by atoms with van der Waals surface area (Å²) in [5.74, 6) is -0.175. The Morgan fingerprint density at radius 1 is 1.15 bits per heavy atom. The Balaban J connectivity index is 2.09. The lowest BCUT2D eigenvalue weighted by molar-refractivity contribution is -0.149. The minimum Gasteiger partial charge on any atom is -0.468 e. The van der Waals surface area contributed by atoms with E-state index in [-0.39, 0.29) is 23.3 Å². The molecule has 0 bridgehead atoms. The summed E-state index contributed by atoms with van der Waals surface area (Å²) in [5, 5.41) is -0.249. The van der Waals surface area contributed by atoms with Crippen molar-refractivity contribution in [1.82, 2.24) is 4.90 Å². The van der Waals surface area contributed by atoms with Crippen molar-refractivity contribution in [3.8, 4) is 0 Å². The molecule has 0 aromatic carbocycles. The topological polar surface area (TPSA) is 63.7 Å². The Morgan fingerprint density at radius 3 is 2.55 bits per heavy atom. The molecule has 6 heteroatoms. The van der Waals surface area contributed by atoms with Crippen LogP contribution in [0.15, 0.2) is 0 Å². The van der Waals surface area contributed by atoms with Gasteiger partial charge in [-0.3, -0.25) is 9.69 Å². The van der Waals surface area contributed by atoms with Gasteiger partial charge in [0, 0.05) is 12.3 Å². The zero-order chi connectivity index (χ0) is 14.8. The van der Waals surface area contributed by atoms with Crippen molar-refractivity contribution in [2.24, 2.45) is 0 Å². The van der Waals surface area contributed by atoms with Gasteiger partial charge in [-0.25, -0.2) is 8.42 Å². The average molecular weight is 303 g/mol. The second-order valence-electron chi connectivity index (χ2n) is 6.04. The van der Waals surface area contributed by atoms with Gasteiger partial charge in [-0.2, -0.15) is 0 Å². The average Bonchev–Trinajstić information content (AvgIpc) is 2.45. The number of carbonyl (C=O) groups excluding carboxylic acids is 1. The summed E-state index contributed by atoms with van der Waals surface area (Å²) < 4.78 is 28.5. The SMILES string of the molecule is COC(=O)C1CCCCN1C1CCCC(S(C)(=O)=O)C1. The maximum absolute atomic E-state index is 11.9. The van der Waals surface area contributed by atoms with Gasteiger partial charge in [-0.15, -0.1) is 0 Å². The molecule has 0 amide bonds. The maximum Gasteiger partial charge on any atom is 0.323 e. The summed E-state index contributed by atoms with van der Waals surface area (Å²) in [6.07, 6.45) is 7.59. The smallest absolute Gasteiger partial charge is 0.323 e. The fourth-order valence-corrected chi connectivity index (χ4v) is 4.76. The number of likely N-dealkylation sites (tertiary alicyclic amines) is 1.